The molecular formula is C13H16ClN3O. The van der Waals surface area contributed by atoms with Crippen LogP contribution in [0.3, 0.4) is 0 Å². The Kier molecular flexibility index (Phi) is 4.49. The molecule has 2 rings (SSSR count). The average Bonchev–Trinajstić information content (AvgIpc) is 2.42. The van der Waals surface area contributed by atoms with Crippen molar-refractivity contribution in [2.45, 2.75) is 6.04 Å². The number of hydrogen-bond acceptors (Lipinski definition) is 4. The second-order valence-corrected chi connectivity index (χ2v) is 4.41. The number of pyridine rings is 1. The van der Waals surface area contributed by atoms with Gasteiger partial charge >= 0.3 is 0 Å². The predicted octanol–water partition coefficient (Wildman–Crippen LogP) is 1.47. The molecule has 5 heteroatoms. The highest BCUT2D eigenvalue weighted by Crippen LogP contribution is 2.28. The third-order valence-corrected chi connectivity index (χ3v) is 3.19. The van der Waals surface area contributed by atoms with E-state index < -0.39 is 0 Å². The fourth-order valence-electron chi connectivity index (χ4n) is 2.00. The summed E-state index contributed by atoms with van der Waals surface area (Å²) in [6.07, 6.45) is 1.74. The summed E-state index contributed by atoms with van der Waals surface area (Å²) in [5.74, 6) is 0. The third kappa shape index (κ3) is 2.62. The van der Waals surface area contributed by atoms with E-state index in [-0.39, 0.29) is 12.6 Å². The second kappa shape index (κ2) is 6.11. The number of halogens is 1. The quantitative estimate of drug-likeness (QED) is 0.766. The molecule has 1 unspecified atom stereocenters. The van der Waals surface area contributed by atoms with Crippen LogP contribution in [0.25, 0.3) is 10.9 Å². The molecule has 0 saturated carbocycles. The largest absolute Gasteiger partial charge is 0.395 e. The lowest BCUT2D eigenvalue weighted by Gasteiger charge is -2.18. The van der Waals surface area contributed by atoms with Crippen LogP contribution in [0, 0.1) is 0 Å². The van der Waals surface area contributed by atoms with E-state index in [4.69, 9.17) is 22.4 Å². The van der Waals surface area contributed by atoms with Gasteiger partial charge in [0, 0.05) is 35.7 Å². The second-order valence-electron chi connectivity index (χ2n) is 4.00. The van der Waals surface area contributed by atoms with Crippen molar-refractivity contribution in [2.24, 2.45) is 5.73 Å². The highest BCUT2D eigenvalue weighted by atomic mass is 35.5. The minimum atomic E-state index is -0.0354. The van der Waals surface area contributed by atoms with Crippen molar-refractivity contribution in [1.82, 2.24) is 10.3 Å². The van der Waals surface area contributed by atoms with Crippen molar-refractivity contribution in [3.63, 3.8) is 0 Å². The van der Waals surface area contributed by atoms with Crippen molar-refractivity contribution in [1.29, 1.82) is 0 Å². The molecule has 0 bridgehead atoms. The van der Waals surface area contributed by atoms with Crippen molar-refractivity contribution < 1.29 is 5.11 Å². The number of aliphatic hydroxyl groups is 1. The Balaban J connectivity index is 2.46. The van der Waals surface area contributed by atoms with Crippen LogP contribution >= 0.6 is 11.6 Å². The van der Waals surface area contributed by atoms with Crippen LogP contribution in [-0.4, -0.2) is 29.8 Å². The van der Waals surface area contributed by atoms with Crippen LogP contribution in [0.4, 0.5) is 0 Å². The van der Waals surface area contributed by atoms with E-state index in [2.05, 4.69) is 10.3 Å². The molecule has 1 atom stereocenters. The van der Waals surface area contributed by atoms with Gasteiger partial charge in [0.25, 0.3) is 0 Å². The Bertz CT molecular complexity index is 533. The van der Waals surface area contributed by atoms with Gasteiger partial charge in [-0.3, -0.25) is 4.98 Å². The van der Waals surface area contributed by atoms with E-state index in [1.54, 1.807) is 6.20 Å². The van der Waals surface area contributed by atoms with E-state index in [1.807, 2.05) is 24.3 Å². The van der Waals surface area contributed by atoms with E-state index >= 15 is 0 Å². The van der Waals surface area contributed by atoms with Gasteiger partial charge in [0.05, 0.1) is 12.1 Å². The number of hydrogen-bond donors (Lipinski definition) is 3. The Morgan fingerprint density at radius 1 is 1.39 bits per heavy atom. The number of rotatable bonds is 5. The lowest BCUT2D eigenvalue weighted by atomic mass is 10.0. The van der Waals surface area contributed by atoms with Crippen LogP contribution in [0.5, 0.6) is 0 Å². The molecule has 0 aliphatic heterocycles. The molecule has 1 aromatic carbocycles. The Morgan fingerprint density at radius 2 is 2.22 bits per heavy atom. The van der Waals surface area contributed by atoms with Gasteiger partial charge in [0.15, 0.2) is 0 Å². The van der Waals surface area contributed by atoms with E-state index in [1.165, 1.54) is 0 Å². The molecule has 0 fully saturated rings. The van der Waals surface area contributed by atoms with Gasteiger partial charge in [-0.05, 0) is 23.8 Å². The van der Waals surface area contributed by atoms with Crippen LogP contribution in [0.1, 0.15) is 11.6 Å². The number of aromatic nitrogens is 1. The summed E-state index contributed by atoms with van der Waals surface area (Å²) in [4.78, 5) is 4.38. The van der Waals surface area contributed by atoms with Gasteiger partial charge in [-0.1, -0.05) is 17.7 Å². The lowest BCUT2D eigenvalue weighted by molar-refractivity contribution is 0.285. The summed E-state index contributed by atoms with van der Waals surface area (Å²) in [5, 5.41) is 13.7. The number of aliphatic hydroxyl groups excluding tert-OH is 1. The van der Waals surface area contributed by atoms with Gasteiger partial charge < -0.3 is 16.2 Å². The van der Waals surface area contributed by atoms with Crippen LogP contribution in [0.15, 0.2) is 30.5 Å². The molecule has 0 saturated heterocycles. The minimum absolute atomic E-state index is 0.0354. The molecular weight excluding hydrogens is 250 g/mol. The van der Waals surface area contributed by atoms with Gasteiger partial charge in [0.2, 0.25) is 0 Å². The van der Waals surface area contributed by atoms with Crippen molar-refractivity contribution in [3.8, 4) is 0 Å². The molecule has 0 aliphatic carbocycles. The average molecular weight is 266 g/mol. The summed E-state index contributed by atoms with van der Waals surface area (Å²) < 4.78 is 0. The first-order valence-corrected chi connectivity index (χ1v) is 6.23. The Labute approximate surface area is 111 Å². The molecule has 1 heterocycles. The van der Waals surface area contributed by atoms with E-state index in [9.17, 15) is 0 Å². The minimum Gasteiger partial charge on any atom is -0.395 e. The fourth-order valence-corrected chi connectivity index (χ4v) is 2.22. The van der Waals surface area contributed by atoms with E-state index in [0.29, 0.717) is 18.1 Å². The predicted molar refractivity (Wildman–Crippen MR) is 73.6 cm³/mol. The maximum Gasteiger partial charge on any atom is 0.0765 e. The molecule has 0 amide bonds. The maximum absolute atomic E-state index is 8.87. The zero-order valence-corrected chi connectivity index (χ0v) is 10.7. The molecule has 96 valence electrons. The maximum atomic E-state index is 8.87. The highest BCUT2D eigenvalue weighted by molar-refractivity contribution is 6.35. The summed E-state index contributed by atoms with van der Waals surface area (Å²) >= 11 is 6.15. The third-order valence-electron chi connectivity index (χ3n) is 2.86. The number of nitrogens with one attached hydrogen (secondary N) is 1. The van der Waals surface area contributed by atoms with Gasteiger partial charge in [0.1, 0.15) is 0 Å². The molecule has 0 spiro atoms. The Hall–Kier alpha value is -1.20. The van der Waals surface area contributed by atoms with Crippen LogP contribution < -0.4 is 11.1 Å². The van der Waals surface area contributed by atoms with Crippen molar-refractivity contribution in [3.05, 3.63) is 41.0 Å². The topological polar surface area (TPSA) is 71.2 Å². The smallest absolute Gasteiger partial charge is 0.0765 e. The summed E-state index contributed by atoms with van der Waals surface area (Å²) in [6.45, 7) is 1.02. The van der Waals surface area contributed by atoms with Gasteiger partial charge in [-0.15, -0.1) is 0 Å². The SMILES string of the molecule is NCC(NCCO)c1ccc(Cl)c2cccnc12. The van der Waals surface area contributed by atoms with Crippen molar-refractivity contribution in [2.75, 3.05) is 19.7 Å². The number of fused-ring (bicyclic) bond motifs is 1. The summed E-state index contributed by atoms with van der Waals surface area (Å²) in [5.41, 5.74) is 7.63. The first kappa shape index (κ1) is 13.2. The Morgan fingerprint density at radius 3 is 2.94 bits per heavy atom. The molecule has 0 aliphatic rings. The number of benzene rings is 1. The zero-order chi connectivity index (χ0) is 13.0. The number of nitrogens with two attached hydrogens (primary N) is 1. The van der Waals surface area contributed by atoms with Crippen LogP contribution in [-0.2, 0) is 0 Å². The molecule has 1 aromatic heterocycles. The van der Waals surface area contributed by atoms with E-state index in [0.717, 1.165) is 16.5 Å². The molecule has 4 N–H and O–H groups in total. The van der Waals surface area contributed by atoms with Crippen LogP contribution in [0.2, 0.25) is 5.02 Å². The zero-order valence-electron chi connectivity index (χ0n) is 9.94. The molecule has 2 aromatic rings. The monoisotopic (exact) mass is 265 g/mol. The fraction of sp³-hybridized carbons (Fsp3) is 0.308. The normalized spacial score (nSPS) is 12.8. The first-order valence-electron chi connectivity index (χ1n) is 5.85. The standard InChI is InChI=1S/C13H16ClN3O/c14-11-4-3-10(12(8-15)16-6-7-18)13-9(11)2-1-5-17-13/h1-5,12,16,18H,6-8,15H2. The summed E-state index contributed by atoms with van der Waals surface area (Å²) in [6, 6.07) is 7.54. The van der Waals surface area contributed by atoms with Gasteiger partial charge in [-0.25, -0.2) is 0 Å². The molecule has 18 heavy (non-hydrogen) atoms. The lowest BCUT2D eigenvalue weighted by Crippen LogP contribution is -2.30. The van der Waals surface area contributed by atoms with Gasteiger partial charge in [-0.2, -0.15) is 0 Å². The highest BCUT2D eigenvalue weighted by Gasteiger charge is 2.14. The van der Waals surface area contributed by atoms with Crippen molar-refractivity contribution >= 4 is 22.5 Å². The summed E-state index contributed by atoms with van der Waals surface area (Å²) in [7, 11) is 0. The first-order chi connectivity index (χ1) is 8.77. The molecule has 4 nitrogen and oxygen atoms in total. The molecule has 0 radical (unpaired) electrons. The number of nitrogens with zero attached hydrogens (tertiary/aromatic N) is 1.